The molecule has 0 radical (unpaired) electrons. The number of imide groups is 1. The van der Waals surface area contributed by atoms with Gasteiger partial charge in [-0.1, -0.05) is 43.2 Å². The van der Waals surface area contributed by atoms with Crippen LogP contribution >= 0.6 is 0 Å². The maximum Gasteiger partial charge on any atom is 0.338 e. The zero-order valence-corrected chi connectivity index (χ0v) is 20.3. The van der Waals surface area contributed by atoms with E-state index in [-0.39, 0.29) is 23.0 Å². The molecule has 1 unspecified atom stereocenters. The van der Waals surface area contributed by atoms with Crippen molar-refractivity contribution in [2.75, 3.05) is 6.54 Å². The molecule has 3 amide bonds. The monoisotopic (exact) mass is 499 g/mol. The average Bonchev–Trinajstić information content (AvgIpc) is 3.36. The molecule has 186 valence electrons. The summed E-state index contributed by atoms with van der Waals surface area (Å²) >= 11 is 0. The van der Waals surface area contributed by atoms with E-state index in [1.165, 1.54) is 35.5 Å². The first-order valence-electron chi connectivity index (χ1n) is 11.7. The molecule has 9 nitrogen and oxygen atoms in total. The molecule has 1 atom stereocenters. The number of fused-ring (bicyclic) bond motifs is 1. The Balaban J connectivity index is 1.38. The lowest BCUT2D eigenvalue weighted by atomic mass is 10.0. The fourth-order valence-electron chi connectivity index (χ4n) is 4.39. The highest BCUT2D eigenvalue weighted by Gasteiger charge is 2.29. The Morgan fingerprint density at radius 3 is 2.49 bits per heavy atom. The van der Waals surface area contributed by atoms with Crippen LogP contribution in [0.5, 0.6) is 0 Å². The van der Waals surface area contributed by atoms with Gasteiger partial charge in [0.1, 0.15) is 0 Å². The van der Waals surface area contributed by atoms with Gasteiger partial charge in [0.2, 0.25) is 10.0 Å². The predicted molar refractivity (Wildman–Crippen MR) is 128 cm³/mol. The Labute approximate surface area is 204 Å². The molecule has 0 saturated heterocycles. The van der Waals surface area contributed by atoms with Crippen LogP contribution in [-0.4, -0.2) is 49.3 Å². The topological polar surface area (TPSA) is 122 Å². The zero-order valence-electron chi connectivity index (χ0n) is 19.5. The van der Waals surface area contributed by atoms with E-state index in [1.807, 2.05) is 24.3 Å². The van der Waals surface area contributed by atoms with Gasteiger partial charge in [0.15, 0.2) is 6.10 Å². The second-order valence-electron chi connectivity index (χ2n) is 8.88. The number of rotatable bonds is 6. The Morgan fingerprint density at radius 1 is 1.03 bits per heavy atom. The molecule has 1 aliphatic carbocycles. The lowest BCUT2D eigenvalue weighted by Crippen LogP contribution is -2.47. The predicted octanol–water partition coefficient (Wildman–Crippen LogP) is 2.75. The van der Waals surface area contributed by atoms with Crippen molar-refractivity contribution in [3.8, 4) is 0 Å². The molecule has 1 saturated carbocycles. The highest BCUT2D eigenvalue weighted by atomic mass is 32.2. The van der Waals surface area contributed by atoms with Crippen LogP contribution in [0, 0.1) is 0 Å². The molecular formula is C25H29N3O6S. The molecular weight excluding hydrogens is 470 g/mol. The lowest BCUT2D eigenvalue weighted by Gasteiger charge is -2.28. The van der Waals surface area contributed by atoms with Gasteiger partial charge in [0.25, 0.3) is 5.91 Å². The Bertz CT molecular complexity index is 1220. The van der Waals surface area contributed by atoms with Gasteiger partial charge in [-0.05, 0) is 55.5 Å². The van der Waals surface area contributed by atoms with E-state index in [0.29, 0.717) is 13.0 Å². The smallest absolute Gasteiger partial charge is 0.338 e. The summed E-state index contributed by atoms with van der Waals surface area (Å²) in [5.41, 5.74) is 2.08. The minimum Gasteiger partial charge on any atom is -0.449 e. The van der Waals surface area contributed by atoms with Crippen molar-refractivity contribution in [3.05, 3.63) is 65.2 Å². The van der Waals surface area contributed by atoms with Gasteiger partial charge in [-0.25, -0.2) is 18.0 Å². The summed E-state index contributed by atoms with van der Waals surface area (Å²) in [6, 6.07) is 12.7. The van der Waals surface area contributed by atoms with Crippen molar-refractivity contribution >= 4 is 27.9 Å². The first-order chi connectivity index (χ1) is 16.7. The molecule has 2 aliphatic rings. The molecule has 10 heteroatoms. The van der Waals surface area contributed by atoms with Crippen molar-refractivity contribution in [1.29, 1.82) is 0 Å². The van der Waals surface area contributed by atoms with Gasteiger partial charge in [0.05, 0.1) is 10.5 Å². The normalized spacial score (nSPS) is 17.3. The number of hydrogen-bond donors (Lipinski definition) is 2. The summed E-state index contributed by atoms with van der Waals surface area (Å²) in [5, 5.41) is 4.91. The maximum absolute atomic E-state index is 13.2. The number of carbonyl (C=O) groups excluding carboxylic acids is 3. The van der Waals surface area contributed by atoms with E-state index in [1.54, 1.807) is 0 Å². The van der Waals surface area contributed by atoms with Crippen molar-refractivity contribution in [2.24, 2.45) is 0 Å². The summed E-state index contributed by atoms with van der Waals surface area (Å²) in [6.45, 7) is 1.95. The molecule has 2 aromatic rings. The lowest BCUT2D eigenvalue weighted by molar-refractivity contribution is -0.127. The van der Waals surface area contributed by atoms with Crippen molar-refractivity contribution < 1.29 is 27.5 Å². The summed E-state index contributed by atoms with van der Waals surface area (Å²) in [5.74, 6) is -1.62. The van der Waals surface area contributed by atoms with E-state index in [4.69, 9.17) is 4.74 Å². The highest BCUT2D eigenvalue weighted by Crippen LogP contribution is 2.25. The molecule has 0 spiro atoms. The van der Waals surface area contributed by atoms with Crippen LogP contribution in [0.25, 0.3) is 0 Å². The van der Waals surface area contributed by atoms with Crippen LogP contribution in [0.4, 0.5) is 4.79 Å². The number of hydrogen-bond acceptors (Lipinski definition) is 6. The number of amides is 3. The molecule has 35 heavy (non-hydrogen) atoms. The van der Waals surface area contributed by atoms with Crippen molar-refractivity contribution in [1.82, 2.24) is 14.9 Å². The number of nitrogens with zero attached hydrogens (tertiary/aromatic N) is 1. The minimum absolute atomic E-state index is 0.00135. The van der Waals surface area contributed by atoms with Gasteiger partial charge in [-0.3, -0.25) is 10.1 Å². The van der Waals surface area contributed by atoms with Gasteiger partial charge < -0.3 is 10.1 Å². The molecule has 2 N–H and O–H groups in total. The molecule has 2 aromatic carbocycles. The van der Waals surface area contributed by atoms with Crippen LogP contribution in [-0.2, 0) is 32.5 Å². The van der Waals surface area contributed by atoms with Gasteiger partial charge in [-0.2, -0.15) is 4.31 Å². The van der Waals surface area contributed by atoms with Gasteiger partial charge >= 0.3 is 12.0 Å². The number of esters is 1. The van der Waals surface area contributed by atoms with E-state index in [2.05, 4.69) is 10.6 Å². The average molecular weight is 500 g/mol. The minimum atomic E-state index is -3.84. The Hall–Kier alpha value is -3.24. The maximum atomic E-state index is 13.2. The van der Waals surface area contributed by atoms with Crippen LogP contribution < -0.4 is 10.6 Å². The Morgan fingerprint density at radius 2 is 1.74 bits per heavy atom. The van der Waals surface area contributed by atoms with Gasteiger partial charge in [0, 0.05) is 19.1 Å². The fourth-order valence-corrected chi connectivity index (χ4v) is 5.86. The molecule has 4 rings (SSSR count). The third-order valence-corrected chi connectivity index (χ3v) is 8.22. The van der Waals surface area contributed by atoms with Crippen LogP contribution in [0.15, 0.2) is 53.4 Å². The summed E-state index contributed by atoms with van der Waals surface area (Å²) in [7, 11) is -3.84. The molecule has 0 bridgehead atoms. The second kappa shape index (κ2) is 10.6. The number of carbonyl (C=O) groups is 3. The summed E-state index contributed by atoms with van der Waals surface area (Å²) in [6.07, 6.45) is 3.18. The van der Waals surface area contributed by atoms with Crippen LogP contribution in [0.1, 0.15) is 54.1 Å². The largest absolute Gasteiger partial charge is 0.449 e. The van der Waals surface area contributed by atoms with Crippen molar-refractivity contribution in [3.63, 3.8) is 0 Å². The standard InChI is InChI=1S/C25H29N3O6S/c1-17(23(29)27-25(31)26-21-10-4-5-11-21)34-24(30)19-9-6-12-22(15-19)35(32,33)28-14-13-18-7-2-3-8-20(18)16-28/h2-3,6-9,12,15,17,21H,4-5,10-11,13-14,16H2,1H3,(H2,26,27,29,31). The number of sulfonamides is 1. The molecule has 1 fully saturated rings. The molecule has 1 aliphatic heterocycles. The number of ether oxygens (including phenoxy) is 1. The quantitative estimate of drug-likeness (QED) is 0.590. The first kappa shape index (κ1) is 24.9. The highest BCUT2D eigenvalue weighted by molar-refractivity contribution is 7.89. The third-order valence-electron chi connectivity index (χ3n) is 6.38. The molecule has 1 heterocycles. The third kappa shape index (κ3) is 5.88. The van der Waals surface area contributed by atoms with E-state index >= 15 is 0 Å². The zero-order chi connectivity index (χ0) is 25.0. The van der Waals surface area contributed by atoms with Crippen LogP contribution in [0.2, 0.25) is 0 Å². The van der Waals surface area contributed by atoms with Crippen LogP contribution in [0.3, 0.4) is 0 Å². The van der Waals surface area contributed by atoms with E-state index in [9.17, 15) is 22.8 Å². The summed E-state index contributed by atoms with van der Waals surface area (Å²) in [4.78, 5) is 36.9. The van der Waals surface area contributed by atoms with Gasteiger partial charge in [-0.15, -0.1) is 0 Å². The second-order valence-corrected chi connectivity index (χ2v) is 10.8. The first-order valence-corrected chi connectivity index (χ1v) is 13.2. The number of nitrogens with one attached hydrogen (secondary N) is 2. The van der Waals surface area contributed by atoms with Crippen molar-refractivity contribution in [2.45, 2.75) is 62.6 Å². The SMILES string of the molecule is CC(OC(=O)c1cccc(S(=O)(=O)N2CCc3ccccc3C2)c1)C(=O)NC(=O)NC1CCCC1. The van der Waals surface area contributed by atoms with E-state index in [0.717, 1.165) is 36.8 Å². The number of benzene rings is 2. The Kier molecular flexibility index (Phi) is 7.51. The fraction of sp³-hybridized carbons (Fsp3) is 0.400. The van der Waals surface area contributed by atoms with E-state index < -0.39 is 34.0 Å². The summed E-state index contributed by atoms with van der Waals surface area (Å²) < 4.78 is 33.0. The number of urea groups is 1. The molecule has 0 aromatic heterocycles.